The van der Waals surface area contributed by atoms with Gasteiger partial charge in [0.2, 0.25) is 0 Å². The average molecular weight is 292 g/mol. The topological polar surface area (TPSA) is 69.5 Å². The lowest BCUT2D eigenvalue weighted by atomic mass is 9.98. The van der Waals surface area contributed by atoms with Crippen LogP contribution in [0.3, 0.4) is 0 Å². The van der Waals surface area contributed by atoms with Gasteiger partial charge < -0.3 is 19.4 Å². The van der Waals surface area contributed by atoms with Crippen LogP contribution < -0.4 is 0 Å². The van der Waals surface area contributed by atoms with Crippen molar-refractivity contribution in [2.24, 2.45) is 5.92 Å². The number of nitrogens with zero attached hydrogens (tertiary/aromatic N) is 1. The number of piperidine rings is 1. The Hall–Kier alpha value is -1.66. The van der Waals surface area contributed by atoms with Gasteiger partial charge in [-0.1, -0.05) is 0 Å². The Bertz CT molecular complexity index is 691. The zero-order valence-electron chi connectivity index (χ0n) is 11.0. The number of oxazole rings is 1. The van der Waals surface area contributed by atoms with Gasteiger partial charge >= 0.3 is 0 Å². The lowest BCUT2D eigenvalue weighted by molar-refractivity contribution is 0.0621. The second-order valence-electron chi connectivity index (χ2n) is 5.17. The van der Waals surface area contributed by atoms with E-state index in [2.05, 4.69) is 4.98 Å². The molecule has 2 heterocycles. The minimum atomic E-state index is -0.0210. The molecule has 0 unspecified atom stereocenters. The first-order chi connectivity index (χ1) is 9.67. The normalized spacial score (nSPS) is 19.4. The first kappa shape index (κ1) is 13.3. The summed E-state index contributed by atoms with van der Waals surface area (Å²) in [5.41, 5.74) is 1.98. The Labute approximate surface area is 121 Å². The first-order valence-corrected chi connectivity index (χ1v) is 7.11. The lowest BCUT2D eigenvalue weighted by Crippen LogP contribution is -2.40. The van der Waals surface area contributed by atoms with Crippen molar-refractivity contribution in [1.82, 2.24) is 9.88 Å². The van der Waals surface area contributed by atoms with Crippen LogP contribution in [0.2, 0.25) is 0 Å². The van der Waals surface area contributed by atoms with E-state index in [-0.39, 0.29) is 18.4 Å². The molecule has 5 nitrogen and oxygen atoms in total. The molecular formula is C14H16N2O3S. The SMILES string of the molecule is O=C(c1ccc2[nH]c(=S)oc2c1)N1CCC[C@H](CO)C1. The van der Waals surface area contributed by atoms with Crippen molar-refractivity contribution in [3.63, 3.8) is 0 Å². The molecule has 6 heteroatoms. The number of nitrogens with one attached hydrogen (secondary N) is 1. The highest BCUT2D eigenvalue weighted by atomic mass is 32.1. The number of carbonyl (C=O) groups is 1. The van der Waals surface area contributed by atoms with E-state index in [0.717, 1.165) is 24.9 Å². The summed E-state index contributed by atoms with van der Waals surface area (Å²) in [6.07, 6.45) is 1.91. The fourth-order valence-corrected chi connectivity index (χ4v) is 2.86. The van der Waals surface area contributed by atoms with Gasteiger partial charge in [0.25, 0.3) is 10.7 Å². The van der Waals surface area contributed by atoms with E-state index in [1.54, 1.807) is 23.1 Å². The maximum atomic E-state index is 12.5. The van der Waals surface area contributed by atoms with Gasteiger partial charge in [-0.2, -0.15) is 0 Å². The van der Waals surface area contributed by atoms with Gasteiger partial charge in [-0.15, -0.1) is 0 Å². The second kappa shape index (κ2) is 5.38. The molecule has 3 rings (SSSR count). The second-order valence-corrected chi connectivity index (χ2v) is 5.54. The monoisotopic (exact) mass is 292 g/mol. The number of likely N-dealkylation sites (tertiary alicyclic amines) is 1. The fraction of sp³-hybridized carbons (Fsp3) is 0.429. The van der Waals surface area contributed by atoms with Crippen molar-refractivity contribution in [2.45, 2.75) is 12.8 Å². The van der Waals surface area contributed by atoms with Crippen molar-refractivity contribution in [1.29, 1.82) is 0 Å². The van der Waals surface area contributed by atoms with Gasteiger partial charge in [0.05, 0.1) is 5.52 Å². The number of aromatic nitrogens is 1. The van der Waals surface area contributed by atoms with Crippen LogP contribution in [0.15, 0.2) is 22.6 Å². The number of H-pyrrole nitrogens is 1. The number of aromatic amines is 1. The maximum Gasteiger partial charge on any atom is 0.266 e. The highest BCUT2D eigenvalue weighted by molar-refractivity contribution is 7.71. The van der Waals surface area contributed by atoms with Crippen LogP contribution in [-0.2, 0) is 0 Å². The number of hydrogen-bond acceptors (Lipinski definition) is 4. The van der Waals surface area contributed by atoms with E-state index in [9.17, 15) is 9.90 Å². The molecule has 0 aliphatic carbocycles. The van der Waals surface area contributed by atoms with Crippen molar-refractivity contribution in [3.05, 3.63) is 28.6 Å². The molecule has 106 valence electrons. The summed E-state index contributed by atoms with van der Waals surface area (Å²) in [6.45, 7) is 1.49. The van der Waals surface area contributed by atoms with Gasteiger partial charge in [-0.05, 0) is 49.2 Å². The van der Waals surface area contributed by atoms with Crippen molar-refractivity contribution < 1.29 is 14.3 Å². The van der Waals surface area contributed by atoms with Crippen molar-refractivity contribution in [3.8, 4) is 0 Å². The van der Waals surface area contributed by atoms with E-state index in [4.69, 9.17) is 16.6 Å². The molecule has 2 N–H and O–H groups in total. The molecule has 1 fully saturated rings. The van der Waals surface area contributed by atoms with Gasteiger partial charge in [0.15, 0.2) is 5.58 Å². The smallest absolute Gasteiger partial charge is 0.266 e. The molecule has 0 spiro atoms. The standard InChI is InChI=1S/C14H16N2O3S/c17-8-9-2-1-5-16(7-9)13(18)10-3-4-11-12(6-10)19-14(20)15-11/h3-4,6,9,17H,1-2,5,7-8H2,(H,15,20)/t9-/m0/s1. The molecule has 1 atom stereocenters. The van der Waals surface area contributed by atoms with E-state index in [0.29, 0.717) is 22.5 Å². The minimum Gasteiger partial charge on any atom is -0.429 e. The molecule has 0 saturated carbocycles. The van der Waals surface area contributed by atoms with Crippen LogP contribution >= 0.6 is 12.2 Å². The number of hydrogen-bond donors (Lipinski definition) is 2. The van der Waals surface area contributed by atoms with Gasteiger partial charge in [-0.25, -0.2) is 0 Å². The van der Waals surface area contributed by atoms with Gasteiger partial charge in [0.1, 0.15) is 0 Å². The molecule has 0 bridgehead atoms. The number of aliphatic hydroxyl groups excluding tert-OH is 1. The Morgan fingerprint density at radius 2 is 2.40 bits per heavy atom. The predicted octanol–water partition coefficient (Wildman–Crippen LogP) is 2.33. The third-order valence-electron chi connectivity index (χ3n) is 3.73. The summed E-state index contributed by atoms with van der Waals surface area (Å²) >= 11 is 4.93. The molecule has 0 radical (unpaired) electrons. The summed E-state index contributed by atoms with van der Waals surface area (Å²) in [7, 11) is 0. The number of benzene rings is 1. The molecule has 1 aromatic carbocycles. The number of rotatable bonds is 2. The largest absolute Gasteiger partial charge is 0.429 e. The van der Waals surface area contributed by atoms with E-state index >= 15 is 0 Å². The van der Waals surface area contributed by atoms with Crippen molar-refractivity contribution in [2.75, 3.05) is 19.7 Å². The lowest BCUT2D eigenvalue weighted by Gasteiger charge is -2.31. The summed E-state index contributed by atoms with van der Waals surface area (Å²) in [6, 6.07) is 5.29. The van der Waals surface area contributed by atoms with Crippen LogP contribution in [0.1, 0.15) is 23.2 Å². The molecule has 20 heavy (non-hydrogen) atoms. The van der Waals surface area contributed by atoms with Gasteiger partial charge in [-0.3, -0.25) is 4.79 Å². The molecule has 2 aromatic rings. The fourth-order valence-electron chi connectivity index (χ4n) is 2.66. The summed E-state index contributed by atoms with van der Waals surface area (Å²) < 4.78 is 5.34. The molecule has 1 aliphatic heterocycles. The Morgan fingerprint density at radius 1 is 1.55 bits per heavy atom. The number of carbonyl (C=O) groups excluding carboxylic acids is 1. The van der Waals surface area contributed by atoms with Crippen LogP contribution in [0, 0.1) is 10.8 Å². The van der Waals surface area contributed by atoms with Gasteiger partial charge in [0, 0.05) is 25.3 Å². The molecular weight excluding hydrogens is 276 g/mol. The highest BCUT2D eigenvalue weighted by Gasteiger charge is 2.24. The van der Waals surface area contributed by atoms with Crippen molar-refractivity contribution >= 4 is 29.2 Å². The predicted molar refractivity (Wildman–Crippen MR) is 77.1 cm³/mol. The quantitative estimate of drug-likeness (QED) is 0.834. The van der Waals surface area contributed by atoms with Crippen LogP contribution in [-0.4, -0.2) is 40.6 Å². The molecule has 1 amide bonds. The Kier molecular flexibility index (Phi) is 3.58. The summed E-state index contributed by atoms with van der Waals surface area (Å²) in [5, 5.41) is 9.24. The van der Waals surface area contributed by atoms with E-state index < -0.39 is 0 Å². The minimum absolute atomic E-state index is 0.0210. The molecule has 1 aromatic heterocycles. The number of aliphatic hydroxyl groups is 1. The number of fused-ring (bicyclic) bond motifs is 1. The zero-order valence-corrected chi connectivity index (χ0v) is 11.8. The Morgan fingerprint density at radius 3 is 3.20 bits per heavy atom. The van der Waals surface area contributed by atoms with Crippen LogP contribution in [0.25, 0.3) is 11.1 Å². The molecule has 1 saturated heterocycles. The summed E-state index contributed by atoms with van der Waals surface area (Å²) in [4.78, 5) is 17.5. The third kappa shape index (κ3) is 2.48. The third-order valence-corrected chi connectivity index (χ3v) is 3.92. The maximum absolute atomic E-state index is 12.5. The number of amides is 1. The van der Waals surface area contributed by atoms with E-state index in [1.807, 2.05) is 0 Å². The highest BCUT2D eigenvalue weighted by Crippen LogP contribution is 2.20. The van der Waals surface area contributed by atoms with Crippen LogP contribution in [0.5, 0.6) is 0 Å². The zero-order chi connectivity index (χ0) is 14.1. The average Bonchev–Trinajstić information content (AvgIpc) is 2.85. The molecule has 1 aliphatic rings. The Balaban J connectivity index is 1.86. The first-order valence-electron chi connectivity index (χ1n) is 6.70. The summed E-state index contributed by atoms with van der Waals surface area (Å²) in [5.74, 6) is 0.167. The van der Waals surface area contributed by atoms with E-state index in [1.165, 1.54) is 0 Å². The van der Waals surface area contributed by atoms with Crippen LogP contribution in [0.4, 0.5) is 0 Å².